The molecule has 0 aliphatic heterocycles. The van der Waals surface area contributed by atoms with Crippen molar-refractivity contribution in [1.82, 2.24) is 9.71 Å². The van der Waals surface area contributed by atoms with Crippen LogP contribution in [-0.2, 0) is 16.4 Å². The van der Waals surface area contributed by atoms with Gasteiger partial charge in [-0.1, -0.05) is 0 Å². The molecular weight excluding hydrogens is 284 g/mol. The molecule has 0 fully saturated rings. The van der Waals surface area contributed by atoms with Gasteiger partial charge in [0.1, 0.15) is 0 Å². The van der Waals surface area contributed by atoms with E-state index in [1.54, 1.807) is 24.5 Å². The van der Waals surface area contributed by atoms with Gasteiger partial charge in [-0.25, -0.2) is 17.9 Å². The predicted molar refractivity (Wildman–Crippen MR) is 68.8 cm³/mol. The summed E-state index contributed by atoms with van der Waals surface area (Å²) in [5, 5.41) is 8.26. The molecule has 0 aliphatic rings. The number of rotatable bonds is 6. The lowest BCUT2D eigenvalue weighted by Gasteiger charge is -2.04. The predicted octanol–water partition coefficient (Wildman–Crippen LogP) is 0.894. The van der Waals surface area contributed by atoms with Gasteiger partial charge in [0.05, 0.1) is 0 Å². The maximum absolute atomic E-state index is 11.8. The van der Waals surface area contributed by atoms with Crippen molar-refractivity contribution in [3.05, 3.63) is 48.0 Å². The molecule has 2 heterocycles. The number of furan rings is 1. The van der Waals surface area contributed by atoms with Crippen molar-refractivity contribution in [3.63, 3.8) is 0 Å². The Morgan fingerprint density at radius 1 is 1.25 bits per heavy atom. The van der Waals surface area contributed by atoms with E-state index < -0.39 is 26.8 Å². The normalized spacial score (nSPS) is 11.4. The van der Waals surface area contributed by atoms with E-state index >= 15 is 0 Å². The van der Waals surface area contributed by atoms with Crippen LogP contribution in [0.4, 0.5) is 0 Å². The summed E-state index contributed by atoms with van der Waals surface area (Å²) in [4.78, 5) is 14.5. The minimum Gasteiger partial charge on any atom is -0.475 e. The second-order valence-electron chi connectivity index (χ2n) is 3.93. The molecule has 0 aliphatic carbocycles. The van der Waals surface area contributed by atoms with Crippen molar-refractivity contribution < 1.29 is 22.7 Å². The highest BCUT2D eigenvalue weighted by atomic mass is 32.2. The maximum Gasteiger partial charge on any atom is 0.371 e. The molecule has 2 N–H and O–H groups in total. The number of aromatic nitrogens is 1. The number of sulfonamides is 1. The average molecular weight is 296 g/mol. The molecule has 0 bridgehead atoms. The SMILES string of the molecule is O=C(O)c1ccc(S(=O)(=O)NCCc2ccncc2)o1. The maximum atomic E-state index is 11.8. The zero-order valence-corrected chi connectivity index (χ0v) is 11.1. The number of hydrogen-bond donors (Lipinski definition) is 2. The van der Waals surface area contributed by atoms with E-state index in [1.165, 1.54) is 0 Å². The molecule has 20 heavy (non-hydrogen) atoms. The lowest BCUT2D eigenvalue weighted by molar-refractivity contribution is 0.0656. The molecule has 0 aromatic carbocycles. The Morgan fingerprint density at radius 2 is 1.95 bits per heavy atom. The fraction of sp³-hybridized carbons (Fsp3) is 0.167. The zero-order chi connectivity index (χ0) is 14.6. The van der Waals surface area contributed by atoms with Gasteiger partial charge in [-0.15, -0.1) is 0 Å². The van der Waals surface area contributed by atoms with Crippen LogP contribution in [0, 0.1) is 0 Å². The van der Waals surface area contributed by atoms with E-state index in [1.807, 2.05) is 0 Å². The molecule has 106 valence electrons. The fourth-order valence-corrected chi connectivity index (χ4v) is 2.49. The standard InChI is InChI=1S/C12H12N2O5S/c15-12(16)10-1-2-11(19-10)20(17,18)14-8-5-9-3-6-13-7-4-9/h1-4,6-7,14H,5,8H2,(H,15,16). The van der Waals surface area contributed by atoms with Crippen LogP contribution < -0.4 is 4.72 Å². The Morgan fingerprint density at radius 3 is 2.55 bits per heavy atom. The van der Waals surface area contributed by atoms with Gasteiger partial charge in [-0.05, 0) is 36.2 Å². The Bertz CT molecular complexity index is 694. The van der Waals surface area contributed by atoms with Gasteiger partial charge >= 0.3 is 5.97 Å². The minimum absolute atomic E-state index is 0.176. The quantitative estimate of drug-likeness (QED) is 0.819. The van der Waals surface area contributed by atoms with Crippen LogP contribution in [0.2, 0.25) is 0 Å². The summed E-state index contributed by atoms with van der Waals surface area (Å²) in [6, 6.07) is 5.77. The lowest BCUT2D eigenvalue weighted by atomic mass is 10.2. The average Bonchev–Trinajstić information content (AvgIpc) is 2.90. The molecule has 0 atom stereocenters. The highest BCUT2D eigenvalue weighted by molar-refractivity contribution is 7.89. The first-order valence-corrected chi connectivity index (χ1v) is 7.19. The molecule has 2 rings (SSSR count). The first-order valence-electron chi connectivity index (χ1n) is 5.71. The monoisotopic (exact) mass is 296 g/mol. The molecule has 2 aromatic rings. The summed E-state index contributed by atoms with van der Waals surface area (Å²) in [5.74, 6) is -1.73. The Labute approximate surface area is 115 Å². The summed E-state index contributed by atoms with van der Waals surface area (Å²) < 4.78 is 30.8. The van der Waals surface area contributed by atoms with Gasteiger partial charge in [0.15, 0.2) is 0 Å². The van der Waals surface area contributed by atoms with Crippen LogP contribution in [0.5, 0.6) is 0 Å². The van der Waals surface area contributed by atoms with Crippen LogP contribution in [0.1, 0.15) is 16.1 Å². The summed E-state index contributed by atoms with van der Waals surface area (Å²) in [6.45, 7) is 0.176. The number of aromatic carboxylic acids is 1. The van der Waals surface area contributed by atoms with Crippen molar-refractivity contribution in [1.29, 1.82) is 0 Å². The van der Waals surface area contributed by atoms with E-state index in [2.05, 4.69) is 9.71 Å². The lowest BCUT2D eigenvalue weighted by Crippen LogP contribution is -2.25. The summed E-state index contributed by atoms with van der Waals surface area (Å²) in [7, 11) is -3.84. The smallest absolute Gasteiger partial charge is 0.371 e. The third kappa shape index (κ3) is 3.43. The first-order chi connectivity index (χ1) is 9.49. The minimum atomic E-state index is -3.84. The molecular formula is C12H12N2O5S. The highest BCUT2D eigenvalue weighted by Crippen LogP contribution is 2.13. The summed E-state index contributed by atoms with van der Waals surface area (Å²) in [6.07, 6.45) is 3.74. The first kappa shape index (κ1) is 14.2. The van der Waals surface area contributed by atoms with E-state index in [0.29, 0.717) is 6.42 Å². The van der Waals surface area contributed by atoms with E-state index in [9.17, 15) is 13.2 Å². The van der Waals surface area contributed by atoms with E-state index in [4.69, 9.17) is 9.52 Å². The van der Waals surface area contributed by atoms with E-state index in [-0.39, 0.29) is 6.54 Å². The van der Waals surface area contributed by atoms with Crippen LogP contribution in [0.3, 0.4) is 0 Å². The van der Waals surface area contributed by atoms with Crippen molar-refractivity contribution in [2.75, 3.05) is 6.54 Å². The van der Waals surface area contributed by atoms with Crippen LogP contribution >= 0.6 is 0 Å². The van der Waals surface area contributed by atoms with Gasteiger partial charge in [-0.3, -0.25) is 4.98 Å². The molecule has 0 radical (unpaired) electrons. The largest absolute Gasteiger partial charge is 0.475 e. The molecule has 0 unspecified atom stereocenters. The number of nitrogens with zero attached hydrogens (tertiary/aromatic N) is 1. The van der Waals surface area contributed by atoms with E-state index in [0.717, 1.165) is 17.7 Å². The van der Waals surface area contributed by atoms with Gasteiger partial charge in [0, 0.05) is 18.9 Å². The highest BCUT2D eigenvalue weighted by Gasteiger charge is 2.20. The Balaban J connectivity index is 1.98. The molecule has 8 heteroatoms. The van der Waals surface area contributed by atoms with Crippen molar-refractivity contribution >= 4 is 16.0 Å². The molecule has 7 nitrogen and oxygen atoms in total. The molecule has 0 saturated heterocycles. The third-order valence-electron chi connectivity index (χ3n) is 2.51. The van der Waals surface area contributed by atoms with Crippen molar-refractivity contribution in [2.24, 2.45) is 0 Å². The van der Waals surface area contributed by atoms with Gasteiger partial charge in [0.25, 0.3) is 10.0 Å². The topological polar surface area (TPSA) is 110 Å². The summed E-state index contributed by atoms with van der Waals surface area (Å²) >= 11 is 0. The second-order valence-corrected chi connectivity index (χ2v) is 5.62. The number of pyridine rings is 1. The van der Waals surface area contributed by atoms with Crippen LogP contribution in [0.25, 0.3) is 0 Å². The second kappa shape index (κ2) is 5.85. The van der Waals surface area contributed by atoms with Crippen molar-refractivity contribution in [2.45, 2.75) is 11.5 Å². The number of carboxylic acids is 1. The summed E-state index contributed by atoms with van der Waals surface area (Å²) in [5.41, 5.74) is 0.938. The molecule has 0 saturated carbocycles. The number of carbonyl (C=O) groups is 1. The van der Waals surface area contributed by atoms with Gasteiger partial charge in [-0.2, -0.15) is 0 Å². The Hall–Kier alpha value is -2.19. The van der Waals surface area contributed by atoms with Crippen molar-refractivity contribution in [3.8, 4) is 0 Å². The van der Waals surface area contributed by atoms with Crippen LogP contribution in [-0.4, -0.2) is 31.0 Å². The third-order valence-corrected chi connectivity index (χ3v) is 3.85. The number of hydrogen-bond acceptors (Lipinski definition) is 5. The number of nitrogens with one attached hydrogen (secondary N) is 1. The number of carboxylic acid groups (broad SMARTS) is 1. The molecule has 0 spiro atoms. The molecule has 0 amide bonds. The zero-order valence-electron chi connectivity index (χ0n) is 10.3. The van der Waals surface area contributed by atoms with Crippen LogP contribution in [0.15, 0.2) is 46.2 Å². The fourth-order valence-electron chi connectivity index (χ4n) is 1.53. The molecule has 2 aromatic heterocycles. The van der Waals surface area contributed by atoms with Gasteiger partial charge < -0.3 is 9.52 Å². The van der Waals surface area contributed by atoms with Gasteiger partial charge in [0.2, 0.25) is 10.9 Å². The Kier molecular flexibility index (Phi) is 4.16.